The third-order valence-electron chi connectivity index (χ3n) is 5.76. The van der Waals surface area contributed by atoms with Gasteiger partial charge in [0.2, 0.25) is 0 Å². The first kappa shape index (κ1) is 21.7. The number of aromatic nitrogens is 1. The van der Waals surface area contributed by atoms with E-state index in [-0.39, 0.29) is 17.5 Å². The molecule has 6 nitrogen and oxygen atoms in total. The summed E-state index contributed by atoms with van der Waals surface area (Å²) in [6, 6.07) is 12.0. The molecular formula is C25H26FN3O3. The molecule has 2 heterocycles. The van der Waals surface area contributed by atoms with Gasteiger partial charge in [0.1, 0.15) is 17.3 Å². The van der Waals surface area contributed by atoms with E-state index in [1.807, 2.05) is 31.2 Å². The average Bonchev–Trinajstić information content (AvgIpc) is 2.79. The maximum absolute atomic E-state index is 13.9. The van der Waals surface area contributed by atoms with Crippen LogP contribution in [0.15, 0.2) is 42.5 Å². The zero-order valence-electron chi connectivity index (χ0n) is 18.5. The molecule has 0 saturated carbocycles. The summed E-state index contributed by atoms with van der Waals surface area (Å²) >= 11 is 0. The minimum atomic E-state index is -0.357. The van der Waals surface area contributed by atoms with E-state index in [0.29, 0.717) is 66.3 Å². The van der Waals surface area contributed by atoms with Gasteiger partial charge in [-0.1, -0.05) is 0 Å². The summed E-state index contributed by atoms with van der Waals surface area (Å²) in [6.45, 7) is 8.06. The number of carbonyl (C=O) groups is 2. The van der Waals surface area contributed by atoms with Gasteiger partial charge in [-0.2, -0.15) is 0 Å². The number of nitrogens with zero attached hydrogens (tertiary/aromatic N) is 3. The molecule has 0 bridgehead atoms. The van der Waals surface area contributed by atoms with Crippen LogP contribution in [-0.4, -0.2) is 54.4 Å². The van der Waals surface area contributed by atoms with Gasteiger partial charge in [0, 0.05) is 48.9 Å². The number of ketones is 1. The van der Waals surface area contributed by atoms with Gasteiger partial charge in [0.25, 0.3) is 5.91 Å². The number of piperazine rings is 1. The molecule has 0 unspecified atom stereocenters. The first-order valence-electron chi connectivity index (χ1n) is 10.8. The van der Waals surface area contributed by atoms with Crippen LogP contribution < -0.4 is 9.64 Å². The molecule has 3 aromatic rings. The maximum atomic E-state index is 13.9. The van der Waals surface area contributed by atoms with Gasteiger partial charge in [0.15, 0.2) is 5.78 Å². The fourth-order valence-corrected chi connectivity index (χ4v) is 4.05. The Morgan fingerprint density at radius 3 is 2.38 bits per heavy atom. The maximum Gasteiger partial charge on any atom is 0.272 e. The Morgan fingerprint density at radius 2 is 1.75 bits per heavy atom. The van der Waals surface area contributed by atoms with Crippen molar-refractivity contribution in [3.63, 3.8) is 0 Å². The Labute approximate surface area is 186 Å². The standard InChI is InChI=1S/C25H26FN3O3/c1-4-32-23-15-22(27-24-16(2)13-19(26)14-21(23)24)25(31)29-11-9-28(10-12-29)20-7-5-18(6-8-20)17(3)30/h5-8,13-15H,4,9-12H2,1-3H3. The second-order valence-corrected chi connectivity index (χ2v) is 7.94. The zero-order valence-corrected chi connectivity index (χ0v) is 18.5. The van der Waals surface area contributed by atoms with E-state index in [0.717, 1.165) is 5.69 Å². The normalized spacial score (nSPS) is 14.0. The van der Waals surface area contributed by atoms with Gasteiger partial charge in [-0.15, -0.1) is 0 Å². The molecule has 0 aliphatic carbocycles. The molecule has 32 heavy (non-hydrogen) atoms. The first-order valence-corrected chi connectivity index (χ1v) is 10.8. The Kier molecular flexibility index (Phi) is 6.08. The van der Waals surface area contributed by atoms with Gasteiger partial charge >= 0.3 is 0 Å². The predicted octanol–water partition coefficient (Wildman–Crippen LogP) is 4.25. The van der Waals surface area contributed by atoms with Crippen LogP contribution in [0, 0.1) is 12.7 Å². The molecule has 0 atom stereocenters. The summed E-state index contributed by atoms with van der Waals surface area (Å²) in [6.07, 6.45) is 0. The molecule has 0 N–H and O–H groups in total. The molecule has 0 radical (unpaired) electrons. The van der Waals surface area contributed by atoms with Crippen molar-refractivity contribution in [1.29, 1.82) is 0 Å². The lowest BCUT2D eigenvalue weighted by Crippen LogP contribution is -2.49. The largest absolute Gasteiger partial charge is 0.493 e. The molecule has 7 heteroatoms. The Bertz CT molecular complexity index is 1170. The Morgan fingerprint density at radius 1 is 1.06 bits per heavy atom. The molecule has 1 aliphatic heterocycles. The van der Waals surface area contributed by atoms with Crippen LogP contribution in [0.2, 0.25) is 0 Å². The molecule has 1 aromatic heterocycles. The fraction of sp³-hybridized carbons (Fsp3) is 0.320. The molecule has 1 aliphatic rings. The third-order valence-corrected chi connectivity index (χ3v) is 5.76. The van der Waals surface area contributed by atoms with Crippen molar-refractivity contribution >= 4 is 28.3 Å². The van der Waals surface area contributed by atoms with Crippen LogP contribution in [0.1, 0.15) is 40.3 Å². The van der Waals surface area contributed by atoms with Crippen LogP contribution >= 0.6 is 0 Å². The Hall–Kier alpha value is -3.48. The first-order chi connectivity index (χ1) is 15.4. The van der Waals surface area contributed by atoms with Crippen molar-refractivity contribution in [3.8, 4) is 5.75 Å². The van der Waals surface area contributed by atoms with Crippen molar-refractivity contribution in [1.82, 2.24) is 9.88 Å². The molecular weight excluding hydrogens is 409 g/mol. The molecule has 2 aromatic carbocycles. The number of benzene rings is 2. The molecule has 1 amide bonds. The van der Waals surface area contributed by atoms with Gasteiger partial charge in [-0.25, -0.2) is 9.37 Å². The molecule has 1 fully saturated rings. The van der Waals surface area contributed by atoms with E-state index < -0.39 is 0 Å². The number of anilines is 1. The van der Waals surface area contributed by atoms with Gasteiger partial charge in [-0.05, 0) is 62.7 Å². The van der Waals surface area contributed by atoms with Crippen LogP contribution in [-0.2, 0) is 0 Å². The number of hydrogen-bond acceptors (Lipinski definition) is 5. The average molecular weight is 435 g/mol. The quantitative estimate of drug-likeness (QED) is 0.561. The number of Topliss-reactive ketones (excluding diaryl/α,β-unsaturated/α-hetero) is 1. The lowest BCUT2D eigenvalue weighted by molar-refractivity contribution is 0.0740. The van der Waals surface area contributed by atoms with E-state index in [9.17, 15) is 14.0 Å². The summed E-state index contributed by atoms with van der Waals surface area (Å²) in [7, 11) is 0. The SMILES string of the molecule is CCOc1cc(C(=O)N2CCN(c3ccc(C(C)=O)cc3)CC2)nc2c(C)cc(F)cc12. The van der Waals surface area contributed by atoms with E-state index in [4.69, 9.17) is 4.74 Å². The highest BCUT2D eigenvalue weighted by Gasteiger charge is 2.25. The highest BCUT2D eigenvalue weighted by atomic mass is 19.1. The number of ether oxygens (including phenoxy) is 1. The summed E-state index contributed by atoms with van der Waals surface area (Å²) in [5, 5.41) is 0.569. The van der Waals surface area contributed by atoms with Crippen molar-refractivity contribution in [3.05, 3.63) is 65.1 Å². The second-order valence-electron chi connectivity index (χ2n) is 7.94. The van der Waals surface area contributed by atoms with Crippen molar-refractivity contribution in [2.45, 2.75) is 20.8 Å². The number of aryl methyl sites for hydroxylation is 1. The number of amides is 1. The van der Waals surface area contributed by atoms with Crippen molar-refractivity contribution in [2.24, 2.45) is 0 Å². The number of pyridine rings is 1. The second kappa shape index (κ2) is 8.94. The number of hydrogen-bond donors (Lipinski definition) is 0. The van der Waals surface area contributed by atoms with Crippen LogP contribution in [0.5, 0.6) is 5.75 Å². The summed E-state index contributed by atoms with van der Waals surface area (Å²) in [5.74, 6) is -0.0145. The van der Waals surface area contributed by atoms with Gasteiger partial charge in [-0.3, -0.25) is 9.59 Å². The topological polar surface area (TPSA) is 62.7 Å². The zero-order chi connectivity index (χ0) is 22.8. The molecule has 0 spiro atoms. The monoisotopic (exact) mass is 435 g/mol. The number of fused-ring (bicyclic) bond motifs is 1. The highest BCUT2D eigenvalue weighted by molar-refractivity contribution is 5.98. The minimum Gasteiger partial charge on any atom is -0.493 e. The van der Waals surface area contributed by atoms with Gasteiger partial charge in [0.05, 0.1) is 12.1 Å². The third kappa shape index (κ3) is 4.28. The van der Waals surface area contributed by atoms with E-state index >= 15 is 0 Å². The summed E-state index contributed by atoms with van der Waals surface area (Å²) in [4.78, 5) is 33.2. The lowest BCUT2D eigenvalue weighted by atomic mass is 10.1. The smallest absolute Gasteiger partial charge is 0.272 e. The number of rotatable bonds is 5. The predicted molar refractivity (Wildman–Crippen MR) is 122 cm³/mol. The molecule has 166 valence electrons. The Balaban J connectivity index is 1.53. The summed E-state index contributed by atoms with van der Waals surface area (Å²) < 4.78 is 19.6. The van der Waals surface area contributed by atoms with Crippen LogP contribution in [0.3, 0.4) is 0 Å². The van der Waals surface area contributed by atoms with Crippen LogP contribution in [0.25, 0.3) is 10.9 Å². The molecule has 1 saturated heterocycles. The van der Waals surface area contributed by atoms with E-state index in [1.165, 1.54) is 12.1 Å². The van der Waals surface area contributed by atoms with Gasteiger partial charge < -0.3 is 14.5 Å². The minimum absolute atomic E-state index is 0.0410. The van der Waals surface area contributed by atoms with E-state index in [2.05, 4.69) is 9.88 Å². The van der Waals surface area contributed by atoms with Crippen LogP contribution in [0.4, 0.5) is 10.1 Å². The lowest BCUT2D eigenvalue weighted by Gasteiger charge is -2.36. The highest BCUT2D eigenvalue weighted by Crippen LogP contribution is 2.29. The van der Waals surface area contributed by atoms with E-state index in [1.54, 1.807) is 24.8 Å². The molecule has 4 rings (SSSR count). The number of carbonyl (C=O) groups excluding carboxylic acids is 2. The van der Waals surface area contributed by atoms with Crippen molar-refractivity contribution in [2.75, 3.05) is 37.7 Å². The summed E-state index contributed by atoms with van der Waals surface area (Å²) in [5.41, 5.74) is 3.25. The number of halogens is 1. The van der Waals surface area contributed by atoms with Crippen molar-refractivity contribution < 1.29 is 18.7 Å². The fourth-order valence-electron chi connectivity index (χ4n) is 4.05.